The minimum absolute atomic E-state index is 0.142. The molecule has 0 unspecified atom stereocenters. The first-order valence-corrected chi connectivity index (χ1v) is 9.71. The molecule has 26 heavy (non-hydrogen) atoms. The fourth-order valence-electron chi connectivity index (χ4n) is 3.15. The van der Waals surface area contributed by atoms with E-state index in [1.54, 1.807) is 0 Å². The van der Waals surface area contributed by atoms with Crippen LogP contribution in [-0.2, 0) is 4.74 Å². The lowest BCUT2D eigenvalue weighted by Crippen LogP contribution is -3.14. The minimum atomic E-state index is 0.142. The summed E-state index contributed by atoms with van der Waals surface area (Å²) in [6.45, 7) is 6.64. The number of morpholine rings is 1. The molecule has 0 bridgehead atoms. The summed E-state index contributed by atoms with van der Waals surface area (Å²) in [6.07, 6.45) is 0. The van der Waals surface area contributed by atoms with Crippen LogP contribution >= 0.6 is 23.8 Å². The largest absolute Gasteiger partial charge is 0.370 e. The average Bonchev–Trinajstić information content (AvgIpc) is 2.66. The summed E-state index contributed by atoms with van der Waals surface area (Å²) in [5.74, 6) is 0. The van der Waals surface area contributed by atoms with Crippen molar-refractivity contribution in [3.8, 4) is 0 Å². The van der Waals surface area contributed by atoms with Crippen LogP contribution in [-0.4, -0.2) is 38.0 Å². The Morgan fingerprint density at radius 1 is 1.15 bits per heavy atom. The molecule has 0 radical (unpaired) electrons. The summed E-state index contributed by atoms with van der Waals surface area (Å²) in [6, 6.07) is 16.4. The Bertz CT molecular complexity index is 735. The van der Waals surface area contributed by atoms with E-state index in [4.69, 9.17) is 28.6 Å². The molecule has 0 aromatic heterocycles. The Balaban J connectivity index is 1.70. The third-order valence-electron chi connectivity index (χ3n) is 4.72. The van der Waals surface area contributed by atoms with Crippen LogP contribution in [0.3, 0.4) is 0 Å². The van der Waals surface area contributed by atoms with Gasteiger partial charge in [0.1, 0.15) is 25.7 Å². The van der Waals surface area contributed by atoms with Gasteiger partial charge in [-0.2, -0.15) is 0 Å². The monoisotopic (exact) mass is 390 g/mol. The summed E-state index contributed by atoms with van der Waals surface area (Å²) in [5, 5.41) is 8.12. The summed E-state index contributed by atoms with van der Waals surface area (Å²) in [4.78, 5) is 1.53. The van der Waals surface area contributed by atoms with Crippen molar-refractivity contribution in [2.45, 2.75) is 13.0 Å². The molecule has 138 valence electrons. The van der Waals surface area contributed by atoms with E-state index in [1.165, 1.54) is 10.5 Å². The number of thiocarbonyl (C=S) groups is 1. The number of quaternary nitrogens is 1. The third-order valence-corrected chi connectivity index (χ3v) is 5.35. The molecular formula is C20H25ClN3OS+. The highest BCUT2D eigenvalue weighted by Gasteiger charge is 2.22. The smallest absolute Gasteiger partial charge is 0.171 e. The standard InChI is InChI=1S/C20H24ClN3OS/c1-15-17(21)8-5-9-18(15)22-20(26)23-19(16-6-3-2-4-7-16)14-24-10-12-25-13-11-24/h2-9,19H,10-14H2,1H3,(H2,22,23,26)/p+1/t19-/m1/s1. The molecule has 3 N–H and O–H groups in total. The molecule has 6 heteroatoms. The highest BCUT2D eigenvalue weighted by atomic mass is 35.5. The predicted octanol–water partition coefficient (Wildman–Crippen LogP) is 2.59. The molecule has 0 aliphatic carbocycles. The van der Waals surface area contributed by atoms with Gasteiger partial charge < -0.3 is 20.3 Å². The second-order valence-electron chi connectivity index (χ2n) is 6.54. The van der Waals surface area contributed by atoms with Crippen molar-refractivity contribution in [1.29, 1.82) is 0 Å². The van der Waals surface area contributed by atoms with Gasteiger partial charge in [0.05, 0.1) is 13.2 Å². The first kappa shape index (κ1) is 19.1. The molecule has 1 atom stereocenters. The molecule has 2 aromatic rings. The van der Waals surface area contributed by atoms with Crippen molar-refractivity contribution in [2.75, 3.05) is 38.2 Å². The molecule has 1 fully saturated rings. The van der Waals surface area contributed by atoms with E-state index in [0.717, 1.165) is 49.1 Å². The van der Waals surface area contributed by atoms with Crippen LogP contribution in [0, 0.1) is 6.92 Å². The van der Waals surface area contributed by atoms with Gasteiger partial charge in [-0.25, -0.2) is 0 Å². The number of nitrogens with one attached hydrogen (secondary N) is 3. The van der Waals surface area contributed by atoms with Crippen LogP contribution in [0.4, 0.5) is 5.69 Å². The molecule has 0 saturated carbocycles. The Kier molecular flexibility index (Phi) is 6.86. The zero-order valence-electron chi connectivity index (χ0n) is 14.9. The SMILES string of the molecule is Cc1c(Cl)cccc1NC(=S)N[C@H](C[NH+]1CCOCC1)c1ccccc1. The lowest BCUT2D eigenvalue weighted by Gasteiger charge is -2.29. The molecule has 1 saturated heterocycles. The van der Waals surface area contributed by atoms with Gasteiger partial charge in [0.25, 0.3) is 0 Å². The summed E-state index contributed by atoms with van der Waals surface area (Å²) >= 11 is 11.8. The number of hydrogen-bond acceptors (Lipinski definition) is 2. The molecule has 3 rings (SSSR count). The van der Waals surface area contributed by atoms with Crippen LogP contribution in [0.2, 0.25) is 5.02 Å². The van der Waals surface area contributed by atoms with E-state index >= 15 is 0 Å². The molecule has 2 aromatic carbocycles. The first-order chi connectivity index (χ1) is 12.6. The van der Waals surface area contributed by atoms with Crippen molar-refractivity contribution in [1.82, 2.24) is 5.32 Å². The quantitative estimate of drug-likeness (QED) is 0.686. The number of benzene rings is 2. The maximum absolute atomic E-state index is 6.21. The zero-order valence-corrected chi connectivity index (χ0v) is 16.5. The fraction of sp³-hybridized carbons (Fsp3) is 0.350. The molecule has 0 spiro atoms. The van der Waals surface area contributed by atoms with E-state index in [-0.39, 0.29) is 6.04 Å². The maximum atomic E-state index is 6.21. The van der Waals surface area contributed by atoms with E-state index in [9.17, 15) is 0 Å². The van der Waals surface area contributed by atoms with Crippen LogP contribution < -0.4 is 15.5 Å². The average molecular weight is 391 g/mol. The van der Waals surface area contributed by atoms with Gasteiger partial charge in [0.15, 0.2) is 5.11 Å². The normalized spacial score (nSPS) is 16.1. The van der Waals surface area contributed by atoms with Gasteiger partial charge in [-0.15, -0.1) is 0 Å². The van der Waals surface area contributed by atoms with Crippen molar-refractivity contribution >= 4 is 34.6 Å². The summed E-state index contributed by atoms with van der Waals surface area (Å²) in [5.41, 5.74) is 3.16. The number of rotatable bonds is 5. The second-order valence-corrected chi connectivity index (χ2v) is 7.36. The Hall–Kier alpha value is -1.66. The number of anilines is 1. The van der Waals surface area contributed by atoms with Crippen LogP contribution in [0.5, 0.6) is 0 Å². The second kappa shape index (κ2) is 9.33. The van der Waals surface area contributed by atoms with Gasteiger partial charge in [-0.05, 0) is 42.4 Å². The molecule has 1 aliphatic heterocycles. The molecule has 1 heterocycles. The van der Waals surface area contributed by atoms with Crippen molar-refractivity contribution in [3.05, 3.63) is 64.7 Å². The third kappa shape index (κ3) is 5.17. The molecular weight excluding hydrogens is 366 g/mol. The van der Waals surface area contributed by atoms with Gasteiger partial charge in [0.2, 0.25) is 0 Å². The van der Waals surface area contributed by atoms with Crippen LogP contribution in [0.1, 0.15) is 17.2 Å². The van der Waals surface area contributed by atoms with Crippen LogP contribution in [0.25, 0.3) is 0 Å². The first-order valence-electron chi connectivity index (χ1n) is 8.92. The van der Waals surface area contributed by atoms with Gasteiger partial charge >= 0.3 is 0 Å². The van der Waals surface area contributed by atoms with Crippen LogP contribution in [0.15, 0.2) is 48.5 Å². The number of hydrogen-bond donors (Lipinski definition) is 3. The van der Waals surface area contributed by atoms with Gasteiger partial charge in [-0.1, -0.05) is 48.0 Å². The van der Waals surface area contributed by atoms with Crippen molar-refractivity contribution in [2.24, 2.45) is 0 Å². The van der Waals surface area contributed by atoms with E-state index < -0.39 is 0 Å². The van der Waals surface area contributed by atoms with E-state index in [1.807, 2.05) is 31.2 Å². The zero-order chi connectivity index (χ0) is 18.4. The minimum Gasteiger partial charge on any atom is -0.370 e. The number of ether oxygens (including phenoxy) is 1. The lowest BCUT2D eigenvalue weighted by molar-refractivity contribution is -0.909. The lowest BCUT2D eigenvalue weighted by atomic mass is 10.1. The Morgan fingerprint density at radius 2 is 1.88 bits per heavy atom. The van der Waals surface area contributed by atoms with Crippen molar-refractivity contribution < 1.29 is 9.64 Å². The van der Waals surface area contributed by atoms with E-state index in [2.05, 4.69) is 34.9 Å². The molecule has 1 aliphatic rings. The topological polar surface area (TPSA) is 37.7 Å². The molecule has 4 nitrogen and oxygen atoms in total. The predicted molar refractivity (Wildman–Crippen MR) is 111 cm³/mol. The Labute approximate surface area is 165 Å². The van der Waals surface area contributed by atoms with Crippen molar-refractivity contribution in [3.63, 3.8) is 0 Å². The molecule has 0 amide bonds. The highest BCUT2D eigenvalue weighted by molar-refractivity contribution is 7.80. The van der Waals surface area contributed by atoms with E-state index in [0.29, 0.717) is 5.11 Å². The fourth-order valence-corrected chi connectivity index (χ4v) is 3.58. The maximum Gasteiger partial charge on any atom is 0.171 e. The summed E-state index contributed by atoms with van der Waals surface area (Å²) in [7, 11) is 0. The summed E-state index contributed by atoms with van der Waals surface area (Å²) < 4.78 is 5.48. The highest BCUT2D eigenvalue weighted by Crippen LogP contribution is 2.23. The van der Waals surface area contributed by atoms with Gasteiger partial charge in [0, 0.05) is 10.7 Å². The van der Waals surface area contributed by atoms with Gasteiger partial charge in [-0.3, -0.25) is 0 Å². The number of halogens is 1. The Morgan fingerprint density at radius 3 is 2.62 bits per heavy atom.